The topological polar surface area (TPSA) is 96.1 Å². The first-order valence-electron chi connectivity index (χ1n) is 9.41. The van der Waals surface area contributed by atoms with E-state index in [1.54, 1.807) is 41.3 Å². The van der Waals surface area contributed by atoms with Crippen molar-refractivity contribution in [2.24, 2.45) is 0 Å². The van der Waals surface area contributed by atoms with Crippen LogP contribution >= 0.6 is 0 Å². The summed E-state index contributed by atoms with van der Waals surface area (Å²) in [5.41, 5.74) is 1.11. The lowest BCUT2D eigenvalue weighted by atomic mass is 10.2. The van der Waals surface area contributed by atoms with E-state index in [1.807, 2.05) is 6.92 Å². The molecule has 3 rings (SSSR count). The fourth-order valence-corrected chi connectivity index (χ4v) is 3.19. The predicted octanol–water partition coefficient (Wildman–Crippen LogP) is 0.00870. The van der Waals surface area contributed by atoms with Crippen LogP contribution in [0.3, 0.4) is 0 Å². The third-order valence-corrected chi connectivity index (χ3v) is 4.65. The molecule has 0 unspecified atom stereocenters. The van der Waals surface area contributed by atoms with E-state index in [4.69, 9.17) is 4.42 Å². The molecule has 2 aromatic rings. The number of nitrogens with zero attached hydrogens (tertiary/aromatic N) is 1. The predicted molar refractivity (Wildman–Crippen MR) is 103 cm³/mol. The Morgan fingerprint density at radius 1 is 1.14 bits per heavy atom. The Bertz CT molecular complexity index is 826. The minimum absolute atomic E-state index is 0.115. The Morgan fingerprint density at radius 2 is 1.93 bits per heavy atom. The Morgan fingerprint density at radius 3 is 2.61 bits per heavy atom. The Hall–Kier alpha value is -3.13. The first-order chi connectivity index (χ1) is 13.6. The second kappa shape index (κ2) is 9.18. The van der Waals surface area contributed by atoms with Gasteiger partial charge >= 0.3 is 0 Å². The van der Waals surface area contributed by atoms with Crippen molar-refractivity contribution >= 4 is 23.4 Å². The number of carbonyl (C=O) groups is 3. The van der Waals surface area contributed by atoms with Crippen LogP contribution in [-0.2, 0) is 4.79 Å². The van der Waals surface area contributed by atoms with Crippen molar-refractivity contribution in [1.82, 2.24) is 10.2 Å². The number of benzene rings is 1. The molecule has 1 saturated heterocycles. The lowest BCUT2D eigenvalue weighted by Gasteiger charge is -2.31. The molecule has 1 aromatic carbocycles. The average molecular weight is 385 g/mol. The molecular weight excluding hydrogens is 360 g/mol. The van der Waals surface area contributed by atoms with E-state index >= 15 is 0 Å². The summed E-state index contributed by atoms with van der Waals surface area (Å²) in [6.45, 7) is 5.26. The zero-order chi connectivity index (χ0) is 19.9. The molecule has 1 fully saturated rings. The van der Waals surface area contributed by atoms with Crippen LogP contribution < -0.4 is 15.5 Å². The van der Waals surface area contributed by atoms with Crippen molar-refractivity contribution in [3.8, 4) is 0 Å². The zero-order valence-corrected chi connectivity index (χ0v) is 15.9. The minimum atomic E-state index is -0.165. The molecule has 28 heavy (non-hydrogen) atoms. The highest BCUT2D eigenvalue weighted by Gasteiger charge is 2.27. The quantitative estimate of drug-likeness (QED) is 0.653. The molecule has 8 heteroatoms. The molecule has 2 heterocycles. The molecule has 8 nitrogen and oxygen atoms in total. The van der Waals surface area contributed by atoms with Crippen LogP contribution in [0.15, 0.2) is 47.1 Å². The monoisotopic (exact) mass is 385 g/mol. The summed E-state index contributed by atoms with van der Waals surface area (Å²) >= 11 is 0. The first kappa shape index (κ1) is 19.6. The molecule has 3 N–H and O–H groups in total. The smallest absolute Gasteiger partial charge is 0.289 e. The van der Waals surface area contributed by atoms with Crippen molar-refractivity contribution < 1.29 is 23.7 Å². The van der Waals surface area contributed by atoms with Gasteiger partial charge in [0.25, 0.3) is 17.7 Å². The molecule has 0 saturated carbocycles. The van der Waals surface area contributed by atoms with Gasteiger partial charge in [0, 0.05) is 17.8 Å². The van der Waals surface area contributed by atoms with Gasteiger partial charge in [0.15, 0.2) is 12.3 Å². The van der Waals surface area contributed by atoms with E-state index in [0.29, 0.717) is 56.3 Å². The summed E-state index contributed by atoms with van der Waals surface area (Å²) in [5.74, 6) is -0.0562. The number of hydrogen-bond donors (Lipinski definition) is 3. The van der Waals surface area contributed by atoms with Gasteiger partial charge in [-0.05, 0) is 37.3 Å². The van der Waals surface area contributed by atoms with Crippen LogP contribution in [0.4, 0.5) is 5.69 Å². The number of hydrogen-bond acceptors (Lipinski definition) is 4. The summed E-state index contributed by atoms with van der Waals surface area (Å²) < 4.78 is 5.16. The van der Waals surface area contributed by atoms with Gasteiger partial charge in [-0.15, -0.1) is 0 Å². The molecule has 0 bridgehead atoms. The number of amides is 3. The Labute approximate surface area is 163 Å². The van der Waals surface area contributed by atoms with Gasteiger partial charge in [-0.1, -0.05) is 6.07 Å². The van der Waals surface area contributed by atoms with Crippen LogP contribution in [0.2, 0.25) is 0 Å². The highest BCUT2D eigenvalue weighted by Crippen LogP contribution is 2.10. The minimum Gasteiger partial charge on any atom is -0.459 e. The maximum atomic E-state index is 12.4. The standard InChI is InChI=1S/C20H24N4O4/c1-2-21-19(26)15-5-3-6-16(13-15)22-18(25)14-23-8-10-24(11-9-23)20(27)17-7-4-12-28-17/h3-7,12-13H,2,8-11,14H2,1H3,(H,21,26)(H,22,25)/p+1. The van der Waals surface area contributed by atoms with Gasteiger partial charge in [0.05, 0.1) is 32.4 Å². The maximum absolute atomic E-state index is 12.4. The summed E-state index contributed by atoms with van der Waals surface area (Å²) in [7, 11) is 0. The van der Waals surface area contributed by atoms with Gasteiger partial charge < -0.3 is 24.9 Å². The maximum Gasteiger partial charge on any atom is 0.289 e. The van der Waals surface area contributed by atoms with Crippen LogP contribution in [0.5, 0.6) is 0 Å². The van der Waals surface area contributed by atoms with Gasteiger partial charge in [0.2, 0.25) is 0 Å². The highest BCUT2D eigenvalue weighted by atomic mass is 16.3. The van der Waals surface area contributed by atoms with Crippen LogP contribution in [-0.4, -0.2) is 61.9 Å². The summed E-state index contributed by atoms with van der Waals surface area (Å²) in [5, 5.41) is 5.58. The second-order valence-electron chi connectivity index (χ2n) is 6.68. The van der Waals surface area contributed by atoms with Crippen LogP contribution in [0.1, 0.15) is 27.8 Å². The van der Waals surface area contributed by atoms with Crippen molar-refractivity contribution in [3.63, 3.8) is 0 Å². The number of anilines is 1. The van der Waals surface area contributed by atoms with E-state index < -0.39 is 0 Å². The van der Waals surface area contributed by atoms with Crippen LogP contribution in [0, 0.1) is 0 Å². The van der Waals surface area contributed by atoms with E-state index in [0.717, 1.165) is 4.90 Å². The van der Waals surface area contributed by atoms with Gasteiger partial charge in [0.1, 0.15) is 0 Å². The lowest BCUT2D eigenvalue weighted by molar-refractivity contribution is -0.895. The Balaban J connectivity index is 1.48. The van der Waals surface area contributed by atoms with E-state index in [1.165, 1.54) is 6.26 Å². The first-order valence-corrected chi connectivity index (χ1v) is 9.41. The number of furan rings is 1. The molecule has 0 radical (unpaired) electrons. The molecule has 0 atom stereocenters. The fraction of sp³-hybridized carbons (Fsp3) is 0.350. The average Bonchev–Trinajstić information content (AvgIpc) is 3.23. The lowest BCUT2D eigenvalue weighted by Crippen LogP contribution is -3.15. The van der Waals surface area contributed by atoms with Gasteiger partial charge in [-0.3, -0.25) is 14.4 Å². The summed E-state index contributed by atoms with van der Waals surface area (Å²) in [6.07, 6.45) is 1.49. The molecular formula is C20H25N4O4+. The number of quaternary nitrogens is 1. The zero-order valence-electron chi connectivity index (χ0n) is 15.9. The van der Waals surface area contributed by atoms with Gasteiger partial charge in [-0.2, -0.15) is 0 Å². The molecule has 1 aliphatic heterocycles. The normalized spacial score (nSPS) is 14.5. The number of nitrogens with one attached hydrogen (secondary N) is 3. The summed E-state index contributed by atoms with van der Waals surface area (Å²) in [4.78, 5) is 39.4. The van der Waals surface area contributed by atoms with Gasteiger partial charge in [-0.25, -0.2) is 0 Å². The second-order valence-corrected chi connectivity index (χ2v) is 6.68. The molecule has 0 spiro atoms. The van der Waals surface area contributed by atoms with Crippen LogP contribution in [0.25, 0.3) is 0 Å². The SMILES string of the molecule is CCNC(=O)c1cccc(NC(=O)C[NH+]2CCN(C(=O)c3ccco3)CC2)c1. The third-order valence-electron chi connectivity index (χ3n) is 4.65. The van der Waals surface area contributed by atoms with Crippen molar-refractivity contribution in [2.45, 2.75) is 6.92 Å². The fourth-order valence-electron chi connectivity index (χ4n) is 3.19. The van der Waals surface area contributed by atoms with E-state index in [2.05, 4.69) is 10.6 Å². The third kappa shape index (κ3) is 4.98. The molecule has 148 valence electrons. The Kier molecular flexibility index (Phi) is 6.44. The number of piperazine rings is 1. The molecule has 1 aromatic heterocycles. The largest absolute Gasteiger partial charge is 0.459 e. The molecule has 1 aliphatic rings. The van der Waals surface area contributed by atoms with Crippen molar-refractivity contribution in [3.05, 3.63) is 54.0 Å². The van der Waals surface area contributed by atoms with Crippen molar-refractivity contribution in [1.29, 1.82) is 0 Å². The number of rotatable bonds is 6. The van der Waals surface area contributed by atoms with E-state index in [-0.39, 0.29) is 17.7 Å². The summed E-state index contributed by atoms with van der Waals surface area (Å²) in [6, 6.07) is 10.2. The molecule has 0 aliphatic carbocycles. The number of carbonyl (C=O) groups excluding carboxylic acids is 3. The van der Waals surface area contributed by atoms with Crippen molar-refractivity contribution in [2.75, 3.05) is 44.6 Å². The van der Waals surface area contributed by atoms with E-state index in [9.17, 15) is 14.4 Å². The molecule has 3 amide bonds. The highest BCUT2D eigenvalue weighted by molar-refractivity contribution is 5.97.